The summed E-state index contributed by atoms with van der Waals surface area (Å²) in [4.78, 5) is 11.6. The largest absolute Gasteiger partial charge is 0.490 e. The van der Waals surface area contributed by atoms with Crippen molar-refractivity contribution in [3.05, 3.63) is 18.2 Å². The number of amides is 1. The van der Waals surface area contributed by atoms with Gasteiger partial charge in [0.25, 0.3) is 0 Å². The third kappa shape index (κ3) is 5.09. The molecule has 0 bridgehead atoms. The van der Waals surface area contributed by atoms with Gasteiger partial charge >= 0.3 is 0 Å². The minimum Gasteiger partial charge on any atom is -0.490 e. The number of anilines is 1. The van der Waals surface area contributed by atoms with Gasteiger partial charge in [0, 0.05) is 11.8 Å². The quantitative estimate of drug-likeness (QED) is 0.767. The standard InChI is InChI=1S/C15H24N2O3/c1-4-8-19-13-7-6-12(17-15(18)11(3)16)10-14(13)20-9-5-2/h6-7,10-11H,4-5,8-9,16H2,1-3H3,(H,17,18)/t11-/m1/s1. The number of nitrogens with two attached hydrogens (primary N) is 1. The zero-order valence-electron chi connectivity index (χ0n) is 12.4. The van der Waals surface area contributed by atoms with Crippen LogP contribution in [0.1, 0.15) is 33.6 Å². The van der Waals surface area contributed by atoms with Crippen molar-refractivity contribution in [2.45, 2.75) is 39.7 Å². The van der Waals surface area contributed by atoms with Gasteiger partial charge in [-0.05, 0) is 31.9 Å². The van der Waals surface area contributed by atoms with E-state index in [4.69, 9.17) is 15.2 Å². The van der Waals surface area contributed by atoms with Crippen LogP contribution in [0.2, 0.25) is 0 Å². The van der Waals surface area contributed by atoms with E-state index in [1.807, 2.05) is 13.8 Å². The second kappa shape index (κ2) is 8.43. The van der Waals surface area contributed by atoms with Crippen molar-refractivity contribution < 1.29 is 14.3 Å². The highest BCUT2D eigenvalue weighted by molar-refractivity contribution is 5.94. The second-order valence-electron chi connectivity index (χ2n) is 4.64. The molecule has 0 aromatic heterocycles. The molecule has 0 radical (unpaired) electrons. The molecule has 0 aliphatic rings. The van der Waals surface area contributed by atoms with Gasteiger partial charge in [-0.25, -0.2) is 0 Å². The Balaban J connectivity index is 2.85. The van der Waals surface area contributed by atoms with E-state index in [2.05, 4.69) is 5.32 Å². The number of ether oxygens (including phenoxy) is 2. The number of benzene rings is 1. The molecule has 0 aliphatic heterocycles. The lowest BCUT2D eigenvalue weighted by atomic mass is 10.2. The molecule has 0 heterocycles. The van der Waals surface area contributed by atoms with Gasteiger partial charge in [-0.1, -0.05) is 13.8 Å². The molecule has 0 spiro atoms. The van der Waals surface area contributed by atoms with Gasteiger partial charge in [-0.3, -0.25) is 4.79 Å². The normalized spacial score (nSPS) is 11.8. The number of hydrogen-bond donors (Lipinski definition) is 2. The van der Waals surface area contributed by atoms with Crippen LogP contribution in [-0.4, -0.2) is 25.2 Å². The van der Waals surface area contributed by atoms with Crippen LogP contribution in [0.4, 0.5) is 5.69 Å². The molecule has 20 heavy (non-hydrogen) atoms. The first kappa shape index (κ1) is 16.3. The van der Waals surface area contributed by atoms with Crippen molar-refractivity contribution in [1.82, 2.24) is 0 Å². The first-order valence-electron chi connectivity index (χ1n) is 7.04. The molecule has 1 aromatic rings. The van der Waals surface area contributed by atoms with Gasteiger partial charge in [0.15, 0.2) is 11.5 Å². The predicted octanol–water partition coefficient (Wildman–Crippen LogP) is 2.55. The lowest BCUT2D eigenvalue weighted by Crippen LogP contribution is -2.32. The zero-order valence-corrected chi connectivity index (χ0v) is 12.4. The highest BCUT2D eigenvalue weighted by atomic mass is 16.5. The second-order valence-corrected chi connectivity index (χ2v) is 4.64. The molecule has 1 rings (SSSR count). The van der Waals surface area contributed by atoms with Crippen LogP contribution in [0.3, 0.4) is 0 Å². The smallest absolute Gasteiger partial charge is 0.241 e. The average Bonchev–Trinajstić information content (AvgIpc) is 2.43. The fourth-order valence-electron chi connectivity index (χ4n) is 1.50. The van der Waals surface area contributed by atoms with Gasteiger partial charge in [-0.2, -0.15) is 0 Å². The summed E-state index contributed by atoms with van der Waals surface area (Å²) in [5.74, 6) is 1.11. The van der Waals surface area contributed by atoms with Gasteiger partial charge in [-0.15, -0.1) is 0 Å². The van der Waals surface area contributed by atoms with E-state index >= 15 is 0 Å². The Morgan fingerprint density at radius 2 is 1.80 bits per heavy atom. The van der Waals surface area contributed by atoms with Crippen LogP contribution in [0.5, 0.6) is 11.5 Å². The SMILES string of the molecule is CCCOc1ccc(NC(=O)[C@@H](C)N)cc1OCCC. The van der Waals surface area contributed by atoms with Crippen LogP contribution < -0.4 is 20.5 Å². The summed E-state index contributed by atoms with van der Waals surface area (Å²) in [6, 6.07) is 4.80. The topological polar surface area (TPSA) is 73.6 Å². The Labute approximate surface area is 120 Å². The van der Waals surface area contributed by atoms with Crippen LogP contribution >= 0.6 is 0 Å². The van der Waals surface area contributed by atoms with Crippen molar-refractivity contribution in [2.75, 3.05) is 18.5 Å². The molecule has 0 saturated carbocycles. The van der Waals surface area contributed by atoms with Crippen LogP contribution in [0, 0.1) is 0 Å². The van der Waals surface area contributed by atoms with Crippen molar-refractivity contribution in [2.24, 2.45) is 5.73 Å². The van der Waals surface area contributed by atoms with E-state index in [0.29, 0.717) is 30.4 Å². The summed E-state index contributed by atoms with van der Waals surface area (Å²) < 4.78 is 11.3. The molecule has 1 amide bonds. The Morgan fingerprint density at radius 1 is 1.20 bits per heavy atom. The maximum Gasteiger partial charge on any atom is 0.241 e. The summed E-state index contributed by atoms with van der Waals surface area (Å²) in [7, 11) is 0. The van der Waals surface area contributed by atoms with E-state index in [1.54, 1.807) is 25.1 Å². The Hall–Kier alpha value is -1.75. The molecule has 1 aromatic carbocycles. The van der Waals surface area contributed by atoms with E-state index < -0.39 is 6.04 Å². The average molecular weight is 280 g/mol. The van der Waals surface area contributed by atoms with Crippen LogP contribution in [0.25, 0.3) is 0 Å². The number of carbonyl (C=O) groups is 1. The third-order valence-corrected chi connectivity index (χ3v) is 2.55. The molecular weight excluding hydrogens is 256 g/mol. The van der Waals surface area contributed by atoms with E-state index in [9.17, 15) is 4.79 Å². The van der Waals surface area contributed by atoms with Gasteiger partial charge < -0.3 is 20.5 Å². The molecule has 112 valence electrons. The fourth-order valence-corrected chi connectivity index (χ4v) is 1.50. The number of rotatable bonds is 8. The molecule has 0 unspecified atom stereocenters. The number of nitrogens with one attached hydrogen (secondary N) is 1. The minimum atomic E-state index is -0.550. The Morgan fingerprint density at radius 3 is 2.35 bits per heavy atom. The first-order valence-corrected chi connectivity index (χ1v) is 7.04. The minimum absolute atomic E-state index is 0.228. The van der Waals surface area contributed by atoms with Crippen LogP contribution in [-0.2, 0) is 4.79 Å². The molecular formula is C15H24N2O3. The molecule has 3 N–H and O–H groups in total. The molecule has 0 fully saturated rings. The van der Waals surface area contributed by atoms with Gasteiger partial charge in [0.1, 0.15) is 0 Å². The van der Waals surface area contributed by atoms with E-state index in [0.717, 1.165) is 12.8 Å². The lowest BCUT2D eigenvalue weighted by Gasteiger charge is -2.14. The van der Waals surface area contributed by atoms with Gasteiger partial charge in [0.05, 0.1) is 19.3 Å². The molecule has 0 saturated heterocycles. The molecule has 5 nitrogen and oxygen atoms in total. The fraction of sp³-hybridized carbons (Fsp3) is 0.533. The summed E-state index contributed by atoms with van der Waals surface area (Å²) in [6.07, 6.45) is 1.83. The third-order valence-electron chi connectivity index (χ3n) is 2.55. The van der Waals surface area contributed by atoms with Gasteiger partial charge in [0.2, 0.25) is 5.91 Å². The highest BCUT2D eigenvalue weighted by Gasteiger charge is 2.11. The molecule has 0 aliphatic carbocycles. The Kier molecular flexibility index (Phi) is 6.87. The predicted molar refractivity (Wildman–Crippen MR) is 80.3 cm³/mol. The maximum atomic E-state index is 11.6. The zero-order chi connectivity index (χ0) is 15.0. The van der Waals surface area contributed by atoms with Crippen LogP contribution in [0.15, 0.2) is 18.2 Å². The maximum absolute atomic E-state index is 11.6. The molecule has 1 atom stereocenters. The number of carbonyl (C=O) groups excluding carboxylic acids is 1. The monoisotopic (exact) mass is 280 g/mol. The summed E-state index contributed by atoms with van der Waals surface area (Å²) in [6.45, 7) is 6.96. The van der Waals surface area contributed by atoms with Crippen molar-refractivity contribution >= 4 is 11.6 Å². The lowest BCUT2D eigenvalue weighted by molar-refractivity contribution is -0.117. The van der Waals surface area contributed by atoms with E-state index in [1.165, 1.54) is 0 Å². The van der Waals surface area contributed by atoms with Crippen molar-refractivity contribution in [3.63, 3.8) is 0 Å². The number of hydrogen-bond acceptors (Lipinski definition) is 4. The summed E-state index contributed by atoms with van der Waals surface area (Å²) >= 11 is 0. The Bertz CT molecular complexity index is 433. The molecule has 5 heteroatoms. The summed E-state index contributed by atoms with van der Waals surface area (Å²) in [5.41, 5.74) is 6.18. The first-order chi connectivity index (χ1) is 9.58. The van der Waals surface area contributed by atoms with Crippen molar-refractivity contribution in [1.29, 1.82) is 0 Å². The highest BCUT2D eigenvalue weighted by Crippen LogP contribution is 2.31. The van der Waals surface area contributed by atoms with Crippen molar-refractivity contribution in [3.8, 4) is 11.5 Å². The summed E-state index contributed by atoms with van der Waals surface area (Å²) in [5, 5.41) is 2.74. The van der Waals surface area contributed by atoms with E-state index in [-0.39, 0.29) is 5.91 Å².